The van der Waals surface area contributed by atoms with Gasteiger partial charge >= 0.3 is 5.97 Å². The number of nitrogens with two attached hydrogens (primary N) is 1. The van der Waals surface area contributed by atoms with Gasteiger partial charge in [-0.2, -0.15) is 0 Å². The highest BCUT2D eigenvalue weighted by molar-refractivity contribution is 6.33. The molecule has 0 atom stereocenters. The minimum Gasteiger partial charge on any atom is -0.496 e. The van der Waals surface area contributed by atoms with E-state index in [1.807, 2.05) is 0 Å². The summed E-state index contributed by atoms with van der Waals surface area (Å²) in [5.74, 6) is -1.61. The molecule has 2 aromatic carbocycles. The van der Waals surface area contributed by atoms with Gasteiger partial charge in [-0.25, -0.2) is 9.18 Å². The summed E-state index contributed by atoms with van der Waals surface area (Å²) in [5.41, 5.74) is 6.31. The van der Waals surface area contributed by atoms with Gasteiger partial charge in [-0.15, -0.1) is 0 Å². The van der Waals surface area contributed by atoms with Gasteiger partial charge in [-0.3, -0.25) is 4.79 Å². The lowest BCUT2D eigenvalue weighted by Gasteiger charge is -2.11. The summed E-state index contributed by atoms with van der Waals surface area (Å²) >= 11 is 5.87. The van der Waals surface area contributed by atoms with Gasteiger partial charge in [0.1, 0.15) is 17.1 Å². The molecule has 2 rings (SSSR count). The number of methoxy groups -OCH3 is 1. The number of benzene rings is 2. The number of halogens is 2. The lowest BCUT2D eigenvalue weighted by molar-refractivity contribution is -0.119. The fourth-order valence-electron chi connectivity index (χ4n) is 1.84. The summed E-state index contributed by atoms with van der Waals surface area (Å²) in [5, 5.41) is 2.63. The van der Waals surface area contributed by atoms with Crippen molar-refractivity contribution in [2.45, 2.75) is 0 Å². The maximum atomic E-state index is 12.8. The number of anilines is 2. The fourth-order valence-corrected chi connectivity index (χ4v) is 2.00. The van der Waals surface area contributed by atoms with Crippen LogP contribution < -0.4 is 15.8 Å². The first-order valence-corrected chi connectivity index (χ1v) is 7.14. The third-order valence-corrected chi connectivity index (χ3v) is 3.33. The van der Waals surface area contributed by atoms with Crippen molar-refractivity contribution in [3.05, 3.63) is 52.8 Å². The van der Waals surface area contributed by atoms with Crippen LogP contribution in [0.3, 0.4) is 0 Å². The Bertz CT molecular complexity index is 765. The van der Waals surface area contributed by atoms with Crippen molar-refractivity contribution in [3.8, 4) is 5.75 Å². The number of carbonyl (C=O) groups excluding carboxylic acids is 2. The van der Waals surface area contributed by atoms with E-state index >= 15 is 0 Å². The molecule has 3 N–H and O–H groups in total. The minimum absolute atomic E-state index is 0.0475. The van der Waals surface area contributed by atoms with E-state index in [1.54, 1.807) is 0 Å². The Morgan fingerprint density at radius 1 is 1.25 bits per heavy atom. The highest BCUT2D eigenvalue weighted by atomic mass is 35.5. The highest BCUT2D eigenvalue weighted by Gasteiger charge is 2.17. The molecule has 0 aliphatic heterocycles. The predicted octanol–water partition coefficient (Wildman–Crippen LogP) is 2.87. The summed E-state index contributed by atoms with van der Waals surface area (Å²) in [4.78, 5) is 23.8. The van der Waals surface area contributed by atoms with Gasteiger partial charge < -0.3 is 20.5 Å². The van der Waals surface area contributed by atoms with E-state index in [9.17, 15) is 14.0 Å². The molecule has 0 aliphatic carbocycles. The molecule has 6 nitrogen and oxygen atoms in total. The first-order valence-electron chi connectivity index (χ1n) is 6.76. The molecule has 0 saturated carbocycles. The Balaban J connectivity index is 1.99. The number of hydrogen-bond donors (Lipinski definition) is 2. The number of ether oxygens (including phenoxy) is 2. The molecule has 8 heteroatoms. The van der Waals surface area contributed by atoms with E-state index in [1.165, 1.54) is 43.5 Å². The first kappa shape index (κ1) is 17.6. The van der Waals surface area contributed by atoms with Crippen LogP contribution in [0.25, 0.3) is 0 Å². The fraction of sp³-hybridized carbons (Fsp3) is 0.125. The molecule has 0 radical (unpaired) electrons. The second kappa shape index (κ2) is 7.65. The zero-order chi connectivity index (χ0) is 17.7. The van der Waals surface area contributed by atoms with Crippen LogP contribution >= 0.6 is 11.6 Å². The standard InChI is InChI=1S/C16H14ClFN2O4/c1-23-14-7-13(19)12(17)6-11(14)16(22)24-8-15(21)20-10-4-2-9(18)3-5-10/h2-7H,8,19H2,1H3,(H,20,21). The third kappa shape index (κ3) is 4.36. The normalized spacial score (nSPS) is 10.1. The predicted molar refractivity (Wildman–Crippen MR) is 87.7 cm³/mol. The van der Waals surface area contributed by atoms with Gasteiger partial charge in [0, 0.05) is 11.8 Å². The number of esters is 1. The van der Waals surface area contributed by atoms with Crippen LogP contribution in [0.4, 0.5) is 15.8 Å². The van der Waals surface area contributed by atoms with Crippen molar-refractivity contribution in [1.82, 2.24) is 0 Å². The summed E-state index contributed by atoms with van der Waals surface area (Å²) in [6.45, 7) is -0.526. The molecule has 2 aromatic rings. The number of nitrogen functional groups attached to an aromatic ring is 1. The monoisotopic (exact) mass is 352 g/mol. The van der Waals surface area contributed by atoms with Crippen molar-refractivity contribution >= 4 is 34.9 Å². The van der Waals surface area contributed by atoms with Crippen molar-refractivity contribution in [3.63, 3.8) is 0 Å². The molecule has 0 unspecified atom stereocenters. The Kier molecular flexibility index (Phi) is 5.59. The Hall–Kier alpha value is -2.80. The van der Waals surface area contributed by atoms with Crippen molar-refractivity contribution in [2.75, 3.05) is 24.8 Å². The van der Waals surface area contributed by atoms with Crippen molar-refractivity contribution in [1.29, 1.82) is 0 Å². The Morgan fingerprint density at radius 3 is 2.54 bits per heavy atom. The van der Waals surface area contributed by atoms with Crippen LogP contribution in [0.2, 0.25) is 5.02 Å². The molecule has 0 heterocycles. The van der Waals surface area contributed by atoms with Gasteiger partial charge in [0.05, 0.1) is 17.8 Å². The molecule has 24 heavy (non-hydrogen) atoms. The minimum atomic E-state index is -0.789. The van der Waals surface area contributed by atoms with Crippen LogP contribution in [-0.4, -0.2) is 25.6 Å². The molecular weight excluding hydrogens is 339 g/mol. The topological polar surface area (TPSA) is 90.7 Å². The van der Waals surface area contributed by atoms with E-state index in [2.05, 4.69) is 5.32 Å². The number of hydrogen-bond acceptors (Lipinski definition) is 5. The summed E-state index contributed by atoms with van der Waals surface area (Å²) < 4.78 is 22.7. The molecule has 126 valence electrons. The van der Waals surface area contributed by atoms with E-state index in [0.29, 0.717) is 5.69 Å². The molecule has 0 spiro atoms. The second-order valence-electron chi connectivity index (χ2n) is 4.71. The van der Waals surface area contributed by atoms with E-state index in [0.717, 1.165) is 0 Å². The average Bonchev–Trinajstić information content (AvgIpc) is 2.56. The number of nitrogens with one attached hydrogen (secondary N) is 1. The maximum absolute atomic E-state index is 12.8. The average molecular weight is 353 g/mol. The van der Waals surface area contributed by atoms with E-state index in [-0.39, 0.29) is 22.0 Å². The molecule has 1 amide bonds. The number of carbonyl (C=O) groups is 2. The molecule has 0 fully saturated rings. The van der Waals surface area contributed by atoms with Crippen LogP contribution in [0.5, 0.6) is 5.75 Å². The Labute approximate surface area is 142 Å². The number of amides is 1. The van der Waals surface area contributed by atoms with Crippen LogP contribution in [-0.2, 0) is 9.53 Å². The summed E-state index contributed by atoms with van der Waals surface area (Å²) in [6, 6.07) is 7.86. The van der Waals surface area contributed by atoms with Crippen molar-refractivity contribution in [2.24, 2.45) is 0 Å². The zero-order valence-electron chi connectivity index (χ0n) is 12.6. The molecule has 0 bridgehead atoms. The lowest BCUT2D eigenvalue weighted by atomic mass is 10.2. The van der Waals surface area contributed by atoms with Gasteiger partial charge in [0.15, 0.2) is 6.61 Å². The third-order valence-electron chi connectivity index (χ3n) is 3.00. The largest absolute Gasteiger partial charge is 0.496 e. The van der Waals surface area contributed by atoms with Gasteiger partial charge in [0.2, 0.25) is 0 Å². The summed E-state index contributed by atoms with van der Waals surface area (Å²) in [7, 11) is 1.36. The van der Waals surface area contributed by atoms with Crippen LogP contribution in [0, 0.1) is 5.82 Å². The molecule has 0 saturated heterocycles. The zero-order valence-corrected chi connectivity index (χ0v) is 13.4. The first-order chi connectivity index (χ1) is 11.4. The Morgan fingerprint density at radius 2 is 1.92 bits per heavy atom. The molecular formula is C16H14ClFN2O4. The van der Waals surface area contributed by atoms with Crippen LogP contribution in [0.15, 0.2) is 36.4 Å². The van der Waals surface area contributed by atoms with Gasteiger partial charge in [-0.1, -0.05) is 11.6 Å². The quantitative estimate of drug-likeness (QED) is 0.638. The number of rotatable bonds is 5. The lowest BCUT2D eigenvalue weighted by Crippen LogP contribution is -2.21. The molecule has 0 aliphatic rings. The van der Waals surface area contributed by atoms with Gasteiger partial charge in [-0.05, 0) is 30.3 Å². The van der Waals surface area contributed by atoms with E-state index < -0.39 is 24.3 Å². The van der Waals surface area contributed by atoms with Crippen LogP contribution in [0.1, 0.15) is 10.4 Å². The van der Waals surface area contributed by atoms with Crippen molar-refractivity contribution < 1.29 is 23.5 Å². The SMILES string of the molecule is COc1cc(N)c(Cl)cc1C(=O)OCC(=O)Nc1ccc(F)cc1. The second-order valence-corrected chi connectivity index (χ2v) is 5.11. The smallest absolute Gasteiger partial charge is 0.342 e. The maximum Gasteiger partial charge on any atom is 0.342 e. The molecule has 0 aromatic heterocycles. The summed E-state index contributed by atoms with van der Waals surface area (Å²) in [6.07, 6.45) is 0. The van der Waals surface area contributed by atoms with E-state index in [4.69, 9.17) is 26.8 Å². The van der Waals surface area contributed by atoms with Gasteiger partial charge in [0.25, 0.3) is 5.91 Å². The highest BCUT2D eigenvalue weighted by Crippen LogP contribution is 2.29.